The third-order valence-corrected chi connectivity index (χ3v) is 3.23. The Morgan fingerprint density at radius 2 is 2.14 bits per heavy atom. The van der Waals surface area contributed by atoms with Crippen LogP contribution in [0.5, 0.6) is 0 Å². The van der Waals surface area contributed by atoms with Gasteiger partial charge in [0.1, 0.15) is 6.33 Å². The molecule has 0 saturated heterocycles. The number of H-pyrrole nitrogens is 1. The van der Waals surface area contributed by atoms with Crippen LogP contribution in [-0.2, 0) is 0 Å². The fraction of sp³-hybridized carbons (Fsp3) is 0. The van der Waals surface area contributed by atoms with Crippen LogP contribution < -0.4 is 5.69 Å². The van der Waals surface area contributed by atoms with E-state index in [0.29, 0.717) is 0 Å². The van der Waals surface area contributed by atoms with Gasteiger partial charge in [-0.3, -0.25) is 4.98 Å². The second kappa shape index (κ2) is 4.01. The van der Waals surface area contributed by atoms with Crippen LogP contribution in [0.1, 0.15) is 0 Å². The van der Waals surface area contributed by atoms with Gasteiger partial charge in [0, 0.05) is 7.14 Å². The van der Waals surface area contributed by atoms with Crippen LogP contribution in [-0.4, -0.2) is 14.8 Å². The van der Waals surface area contributed by atoms with E-state index < -0.39 is 0 Å². The molecule has 2 aromatic rings. The molecular formula is C8H5I2N3O. The molecule has 0 fully saturated rings. The maximum atomic E-state index is 11.3. The van der Waals surface area contributed by atoms with Gasteiger partial charge < -0.3 is 0 Å². The highest BCUT2D eigenvalue weighted by Crippen LogP contribution is 2.17. The molecule has 14 heavy (non-hydrogen) atoms. The SMILES string of the molecule is O=c1[nH]cnn1-c1ccc(I)cc1I. The topological polar surface area (TPSA) is 50.7 Å². The van der Waals surface area contributed by atoms with Crippen molar-refractivity contribution in [3.63, 3.8) is 0 Å². The zero-order chi connectivity index (χ0) is 10.1. The number of aromatic nitrogens is 3. The molecule has 4 nitrogen and oxygen atoms in total. The van der Waals surface area contributed by atoms with Crippen molar-refractivity contribution in [2.45, 2.75) is 0 Å². The van der Waals surface area contributed by atoms with Crippen LogP contribution in [0.25, 0.3) is 5.69 Å². The van der Waals surface area contributed by atoms with E-state index in [1.165, 1.54) is 11.0 Å². The van der Waals surface area contributed by atoms with E-state index in [1.807, 2.05) is 18.2 Å². The largest absolute Gasteiger partial charge is 0.347 e. The second-order valence-electron chi connectivity index (χ2n) is 2.60. The lowest BCUT2D eigenvalue weighted by Crippen LogP contribution is -2.17. The van der Waals surface area contributed by atoms with E-state index in [0.717, 1.165) is 12.8 Å². The lowest BCUT2D eigenvalue weighted by molar-refractivity contribution is 0.838. The number of benzene rings is 1. The van der Waals surface area contributed by atoms with E-state index in [1.54, 1.807) is 0 Å². The highest BCUT2D eigenvalue weighted by molar-refractivity contribution is 14.1. The van der Waals surface area contributed by atoms with Gasteiger partial charge in [-0.05, 0) is 63.4 Å². The predicted octanol–water partition coefficient (Wildman–Crippen LogP) is 1.77. The van der Waals surface area contributed by atoms with Gasteiger partial charge in [-0.15, -0.1) is 0 Å². The predicted molar refractivity (Wildman–Crippen MR) is 69.6 cm³/mol. The van der Waals surface area contributed by atoms with Gasteiger partial charge in [0.25, 0.3) is 0 Å². The first-order valence-corrected chi connectivity index (χ1v) is 5.92. The average molecular weight is 413 g/mol. The molecule has 6 heteroatoms. The molecule has 0 bridgehead atoms. The van der Waals surface area contributed by atoms with Crippen molar-refractivity contribution in [2.24, 2.45) is 0 Å². The number of rotatable bonds is 1. The number of hydrogen-bond donors (Lipinski definition) is 1. The van der Waals surface area contributed by atoms with Gasteiger partial charge in [-0.25, -0.2) is 4.79 Å². The Kier molecular flexibility index (Phi) is 2.91. The number of nitrogens with zero attached hydrogens (tertiary/aromatic N) is 2. The fourth-order valence-corrected chi connectivity index (χ4v) is 2.91. The highest BCUT2D eigenvalue weighted by Gasteiger charge is 2.05. The molecule has 0 radical (unpaired) electrons. The molecule has 2 rings (SSSR count). The van der Waals surface area contributed by atoms with Crippen LogP contribution in [0.15, 0.2) is 29.3 Å². The first kappa shape index (κ1) is 10.1. The summed E-state index contributed by atoms with van der Waals surface area (Å²) in [5, 5.41) is 3.92. The van der Waals surface area contributed by atoms with Crippen molar-refractivity contribution in [3.05, 3.63) is 42.2 Å². The van der Waals surface area contributed by atoms with Gasteiger partial charge >= 0.3 is 5.69 Å². The third-order valence-electron chi connectivity index (χ3n) is 1.69. The normalized spacial score (nSPS) is 10.4. The van der Waals surface area contributed by atoms with E-state index >= 15 is 0 Å². The number of halogens is 2. The molecule has 0 aliphatic carbocycles. The number of hydrogen-bond acceptors (Lipinski definition) is 2. The maximum absolute atomic E-state index is 11.3. The first-order valence-electron chi connectivity index (χ1n) is 3.76. The molecular weight excluding hydrogens is 408 g/mol. The highest BCUT2D eigenvalue weighted by atomic mass is 127. The first-order chi connectivity index (χ1) is 6.68. The Hall–Kier alpha value is -0.380. The zero-order valence-corrected chi connectivity index (χ0v) is 11.2. The zero-order valence-electron chi connectivity index (χ0n) is 6.87. The van der Waals surface area contributed by atoms with Gasteiger partial charge in [-0.1, -0.05) is 0 Å². The van der Waals surface area contributed by atoms with E-state index in [9.17, 15) is 4.79 Å². The van der Waals surface area contributed by atoms with Crippen LogP contribution in [0, 0.1) is 7.14 Å². The van der Waals surface area contributed by atoms with Gasteiger partial charge in [0.2, 0.25) is 0 Å². The molecule has 0 aliphatic heterocycles. The van der Waals surface area contributed by atoms with Crippen molar-refractivity contribution in [2.75, 3.05) is 0 Å². The monoisotopic (exact) mass is 413 g/mol. The summed E-state index contributed by atoms with van der Waals surface area (Å²) in [6, 6.07) is 5.82. The van der Waals surface area contributed by atoms with Crippen LogP contribution in [0.4, 0.5) is 0 Å². The maximum Gasteiger partial charge on any atom is 0.347 e. The standard InChI is InChI=1S/C8H5I2N3O/c9-5-1-2-7(6(10)3-5)13-8(14)11-4-12-13/h1-4H,(H,11,12,14). The summed E-state index contributed by atoms with van der Waals surface area (Å²) in [5.41, 5.74) is 0.585. The summed E-state index contributed by atoms with van der Waals surface area (Å²) >= 11 is 4.41. The molecule has 0 aliphatic rings. The van der Waals surface area contributed by atoms with Gasteiger partial charge in [0.05, 0.1) is 5.69 Å². The molecule has 0 spiro atoms. The molecule has 1 N–H and O–H groups in total. The Morgan fingerprint density at radius 3 is 2.71 bits per heavy atom. The molecule has 72 valence electrons. The molecule has 0 amide bonds. The Morgan fingerprint density at radius 1 is 1.36 bits per heavy atom. The quantitative estimate of drug-likeness (QED) is 0.726. The summed E-state index contributed by atoms with van der Waals surface area (Å²) in [4.78, 5) is 13.8. The molecule has 1 aromatic carbocycles. The summed E-state index contributed by atoms with van der Waals surface area (Å²) in [6.45, 7) is 0. The summed E-state index contributed by atoms with van der Waals surface area (Å²) in [7, 11) is 0. The van der Waals surface area contributed by atoms with Crippen LogP contribution in [0.3, 0.4) is 0 Å². The van der Waals surface area contributed by atoms with Crippen molar-refractivity contribution >= 4 is 45.2 Å². The summed E-state index contributed by atoms with van der Waals surface area (Å²) in [5.74, 6) is 0. The van der Waals surface area contributed by atoms with Crippen LogP contribution in [0.2, 0.25) is 0 Å². The lowest BCUT2D eigenvalue weighted by atomic mass is 10.3. The lowest BCUT2D eigenvalue weighted by Gasteiger charge is -2.02. The minimum Gasteiger partial charge on any atom is -0.295 e. The number of aromatic amines is 1. The average Bonchev–Trinajstić information content (AvgIpc) is 2.52. The van der Waals surface area contributed by atoms with E-state index in [-0.39, 0.29) is 5.69 Å². The van der Waals surface area contributed by atoms with Crippen molar-refractivity contribution in [1.29, 1.82) is 0 Å². The third kappa shape index (κ3) is 1.85. The minimum atomic E-state index is -0.218. The van der Waals surface area contributed by atoms with Crippen molar-refractivity contribution < 1.29 is 0 Å². The molecule has 0 atom stereocenters. The smallest absolute Gasteiger partial charge is 0.295 e. The minimum absolute atomic E-state index is 0.218. The van der Waals surface area contributed by atoms with Gasteiger partial charge in [-0.2, -0.15) is 9.78 Å². The molecule has 0 saturated carbocycles. The summed E-state index contributed by atoms with van der Waals surface area (Å²) in [6.07, 6.45) is 1.39. The Labute approximate surface area is 107 Å². The Bertz CT molecular complexity index is 517. The number of nitrogens with one attached hydrogen (secondary N) is 1. The molecule has 1 aromatic heterocycles. The molecule has 1 heterocycles. The van der Waals surface area contributed by atoms with Crippen LogP contribution >= 0.6 is 45.2 Å². The Balaban J connectivity index is 2.63. The van der Waals surface area contributed by atoms with E-state index in [2.05, 4.69) is 55.3 Å². The van der Waals surface area contributed by atoms with Crippen molar-refractivity contribution in [3.8, 4) is 5.69 Å². The van der Waals surface area contributed by atoms with Crippen molar-refractivity contribution in [1.82, 2.24) is 14.8 Å². The second-order valence-corrected chi connectivity index (χ2v) is 5.01. The fourth-order valence-electron chi connectivity index (χ4n) is 1.08. The van der Waals surface area contributed by atoms with E-state index in [4.69, 9.17) is 0 Å². The van der Waals surface area contributed by atoms with Gasteiger partial charge in [0.15, 0.2) is 0 Å². The molecule has 0 unspecified atom stereocenters. The summed E-state index contributed by atoms with van der Waals surface area (Å²) < 4.78 is 3.49.